The molecule has 1 heterocycles. The second kappa shape index (κ2) is 5.23. The molecule has 1 rings (SSSR count). The first-order valence-electron chi connectivity index (χ1n) is 5.82. The lowest BCUT2D eigenvalue weighted by atomic mass is 10.1. The Morgan fingerprint density at radius 1 is 1.41 bits per heavy atom. The van der Waals surface area contributed by atoms with Gasteiger partial charge in [0.05, 0.1) is 23.0 Å². The molecule has 0 unspecified atom stereocenters. The zero-order chi connectivity index (χ0) is 13.2. The largest absolute Gasteiger partial charge is 0.308 e. The van der Waals surface area contributed by atoms with Gasteiger partial charge in [-0.2, -0.15) is 5.10 Å². The Morgan fingerprint density at radius 3 is 2.41 bits per heavy atom. The SMILES string of the molecule is C=C(CNC(C)(C)C)Cn1nc(C)c(Cl)c1C. The minimum absolute atomic E-state index is 0.107. The predicted molar refractivity (Wildman–Crippen MR) is 73.6 cm³/mol. The Hall–Kier alpha value is -0.800. The average Bonchev–Trinajstić information content (AvgIpc) is 2.43. The summed E-state index contributed by atoms with van der Waals surface area (Å²) in [7, 11) is 0. The van der Waals surface area contributed by atoms with Gasteiger partial charge in [0.2, 0.25) is 0 Å². The Bertz CT molecular complexity index is 413. The van der Waals surface area contributed by atoms with E-state index in [1.54, 1.807) is 0 Å². The van der Waals surface area contributed by atoms with Gasteiger partial charge in [-0.05, 0) is 40.2 Å². The van der Waals surface area contributed by atoms with Gasteiger partial charge in [0.1, 0.15) is 0 Å². The standard InChI is InChI=1S/C13H22ClN3/c1-9(7-15-13(4,5)6)8-17-11(3)12(14)10(2)16-17/h15H,1,7-8H2,2-6H3. The lowest BCUT2D eigenvalue weighted by Gasteiger charge is -2.21. The summed E-state index contributed by atoms with van der Waals surface area (Å²) in [6.45, 7) is 15.9. The number of aryl methyl sites for hydroxylation is 1. The maximum Gasteiger partial charge on any atom is 0.0844 e. The van der Waals surface area contributed by atoms with Crippen LogP contribution in [0, 0.1) is 13.8 Å². The number of nitrogens with one attached hydrogen (secondary N) is 1. The van der Waals surface area contributed by atoms with Gasteiger partial charge in [0.25, 0.3) is 0 Å². The lowest BCUT2D eigenvalue weighted by molar-refractivity contribution is 0.438. The molecule has 1 N–H and O–H groups in total. The van der Waals surface area contributed by atoms with Crippen molar-refractivity contribution in [3.05, 3.63) is 28.6 Å². The van der Waals surface area contributed by atoms with Crippen molar-refractivity contribution in [2.24, 2.45) is 0 Å². The maximum absolute atomic E-state index is 6.10. The summed E-state index contributed by atoms with van der Waals surface area (Å²) in [5.41, 5.74) is 3.08. The summed E-state index contributed by atoms with van der Waals surface area (Å²) in [4.78, 5) is 0. The second-order valence-electron chi connectivity index (χ2n) is 5.50. The van der Waals surface area contributed by atoms with E-state index in [1.807, 2.05) is 18.5 Å². The molecule has 4 heteroatoms. The first-order valence-corrected chi connectivity index (χ1v) is 6.19. The van der Waals surface area contributed by atoms with Crippen LogP contribution in [0.15, 0.2) is 12.2 Å². The van der Waals surface area contributed by atoms with Gasteiger partial charge < -0.3 is 5.32 Å². The van der Waals surface area contributed by atoms with Crippen LogP contribution < -0.4 is 5.32 Å². The molecule has 0 saturated carbocycles. The fourth-order valence-electron chi connectivity index (χ4n) is 1.49. The van der Waals surface area contributed by atoms with Gasteiger partial charge in [-0.25, -0.2) is 0 Å². The number of rotatable bonds is 4. The zero-order valence-electron chi connectivity index (χ0n) is 11.4. The summed E-state index contributed by atoms with van der Waals surface area (Å²) in [5, 5.41) is 8.55. The second-order valence-corrected chi connectivity index (χ2v) is 5.87. The molecule has 0 radical (unpaired) electrons. The van der Waals surface area contributed by atoms with Crippen LogP contribution in [0.3, 0.4) is 0 Å². The highest BCUT2D eigenvalue weighted by Gasteiger charge is 2.12. The van der Waals surface area contributed by atoms with Gasteiger partial charge in [-0.15, -0.1) is 0 Å². The molecule has 0 aliphatic heterocycles. The summed E-state index contributed by atoms with van der Waals surface area (Å²) < 4.78 is 1.91. The Labute approximate surface area is 109 Å². The van der Waals surface area contributed by atoms with Crippen molar-refractivity contribution in [1.29, 1.82) is 0 Å². The summed E-state index contributed by atoms with van der Waals surface area (Å²) >= 11 is 6.10. The first kappa shape index (κ1) is 14.3. The third kappa shape index (κ3) is 4.17. The molecule has 0 amide bonds. The molecule has 0 fully saturated rings. The van der Waals surface area contributed by atoms with Crippen molar-refractivity contribution in [3.8, 4) is 0 Å². The van der Waals surface area contributed by atoms with E-state index < -0.39 is 0 Å². The van der Waals surface area contributed by atoms with Crippen LogP contribution in [0.2, 0.25) is 5.02 Å². The van der Waals surface area contributed by atoms with Crippen LogP contribution in [-0.2, 0) is 6.54 Å². The van der Waals surface area contributed by atoms with Gasteiger partial charge in [-0.1, -0.05) is 18.2 Å². The molecule has 17 heavy (non-hydrogen) atoms. The van der Waals surface area contributed by atoms with Crippen molar-refractivity contribution >= 4 is 11.6 Å². The third-order valence-corrected chi connectivity index (χ3v) is 3.08. The lowest BCUT2D eigenvalue weighted by Crippen LogP contribution is -2.37. The zero-order valence-corrected chi connectivity index (χ0v) is 12.1. The molecular formula is C13H22ClN3. The van der Waals surface area contributed by atoms with E-state index in [4.69, 9.17) is 11.6 Å². The molecule has 96 valence electrons. The number of halogens is 1. The smallest absolute Gasteiger partial charge is 0.0844 e. The highest BCUT2D eigenvalue weighted by molar-refractivity contribution is 6.31. The highest BCUT2D eigenvalue weighted by Crippen LogP contribution is 2.19. The Kier molecular flexibility index (Phi) is 4.39. The molecule has 3 nitrogen and oxygen atoms in total. The fraction of sp³-hybridized carbons (Fsp3) is 0.615. The van der Waals surface area contributed by atoms with Crippen molar-refractivity contribution in [2.45, 2.75) is 46.7 Å². The van der Waals surface area contributed by atoms with Gasteiger partial charge in [-0.3, -0.25) is 4.68 Å². The van der Waals surface area contributed by atoms with Crippen molar-refractivity contribution in [2.75, 3.05) is 6.54 Å². The Morgan fingerprint density at radius 2 is 2.00 bits per heavy atom. The fourth-order valence-corrected chi connectivity index (χ4v) is 1.62. The minimum Gasteiger partial charge on any atom is -0.308 e. The number of nitrogens with zero attached hydrogens (tertiary/aromatic N) is 2. The maximum atomic E-state index is 6.10. The normalized spacial score (nSPS) is 11.9. The van der Waals surface area contributed by atoms with E-state index in [0.29, 0.717) is 6.54 Å². The predicted octanol–water partition coefficient (Wildman–Crippen LogP) is 3.10. The van der Waals surface area contributed by atoms with Gasteiger partial charge >= 0.3 is 0 Å². The van der Waals surface area contributed by atoms with Crippen LogP contribution in [0.5, 0.6) is 0 Å². The molecule has 0 aliphatic carbocycles. The molecule has 0 bridgehead atoms. The third-order valence-electron chi connectivity index (χ3n) is 2.54. The molecule has 0 atom stereocenters. The topological polar surface area (TPSA) is 29.9 Å². The van der Waals surface area contributed by atoms with E-state index in [2.05, 4.69) is 37.8 Å². The monoisotopic (exact) mass is 255 g/mol. The van der Waals surface area contributed by atoms with Crippen LogP contribution in [0.25, 0.3) is 0 Å². The molecule has 1 aromatic heterocycles. The molecule has 0 saturated heterocycles. The number of hydrogen-bond donors (Lipinski definition) is 1. The quantitative estimate of drug-likeness (QED) is 0.838. The van der Waals surface area contributed by atoms with Crippen LogP contribution >= 0.6 is 11.6 Å². The summed E-state index contributed by atoms with van der Waals surface area (Å²) in [5.74, 6) is 0. The highest BCUT2D eigenvalue weighted by atomic mass is 35.5. The number of hydrogen-bond acceptors (Lipinski definition) is 2. The average molecular weight is 256 g/mol. The van der Waals surface area contributed by atoms with Crippen LogP contribution in [0.4, 0.5) is 0 Å². The van der Waals surface area contributed by atoms with Crippen molar-refractivity contribution < 1.29 is 0 Å². The molecule has 0 aliphatic rings. The van der Waals surface area contributed by atoms with E-state index in [-0.39, 0.29) is 5.54 Å². The molecule has 0 aromatic carbocycles. The van der Waals surface area contributed by atoms with Crippen LogP contribution in [-0.4, -0.2) is 21.9 Å². The van der Waals surface area contributed by atoms with Crippen LogP contribution in [0.1, 0.15) is 32.2 Å². The van der Waals surface area contributed by atoms with E-state index >= 15 is 0 Å². The van der Waals surface area contributed by atoms with E-state index in [9.17, 15) is 0 Å². The summed E-state index contributed by atoms with van der Waals surface area (Å²) in [6.07, 6.45) is 0. The molecular weight excluding hydrogens is 234 g/mol. The minimum atomic E-state index is 0.107. The molecule has 1 aromatic rings. The van der Waals surface area contributed by atoms with Crippen molar-refractivity contribution in [1.82, 2.24) is 15.1 Å². The van der Waals surface area contributed by atoms with Gasteiger partial charge in [0.15, 0.2) is 0 Å². The summed E-state index contributed by atoms with van der Waals surface area (Å²) in [6, 6.07) is 0. The number of aromatic nitrogens is 2. The Balaban J connectivity index is 2.60. The van der Waals surface area contributed by atoms with E-state index in [1.165, 1.54) is 0 Å². The first-order chi connectivity index (χ1) is 7.70. The van der Waals surface area contributed by atoms with Crippen molar-refractivity contribution in [3.63, 3.8) is 0 Å². The van der Waals surface area contributed by atoms with Gasteiger partial charge in [0, 0.05) is 12.1 Å². The van der Waals surface area contributed by atoms with E-state index in [0.717, 1.165) is 28.5 Å². The molecule has 0 spiro atoms.